The summed E-state index contributed by atoms with van der Waals surface area (Å²) in [6.45, 7) is 8.66. The first-order chi connectivity index (χ1) is 10.2. The van der Waals surface area contributed by atoms with Crippen molar-refractivity contribution >= 4 is 21.6 Å². The van der Waals surface area contributed by atoms with Crippen LogP contribution in [0.5, 0.6) is 5.75 Å². The third-order valence-corrected chi connectivity index (χ3v) is 4.13. The van der Waals surface area contributed by atoms with E-state index in [2.05, 4.69) is 39.8 Å². The van der Waals surface area contributed by atoms with Crippen molar-refractivity contribution in [1.82, 2.24) is 4.90 Å². The fourth-order valence-electron chi connectivity index (χ4n) is 2.34. The molecule has 1 aliphatic heterocycles. The molecule has 0 atom stereocenters. The number of benzene rings is 1. The van der Waals surface area contributed by atoms with E-state index in [0.717, 1.165) is 60.6 Å². The second kappa shape index (κ2) is 8.39. The molecule has 2 rings (SSSR count). The van der Waals surface area contributed by atoms with Crippen LogP contribution in [0.3, 0.4) is 0 Å². The van der Waals surface area contributed by atoms with Gasteiger partial charge in [-0.15, -0.1) is 0 Å². The van der Waals surface area contributed by atoms with Gasteiger partial charge in [0.05, 0.1) is 12.3 Å². The molecule has 1 aromatic rings. The van der Waals surface area contributed by atoms with Gasteiger partial charge in [0.15, 0.2) is 0 Å². The lowest BCUT2D eigenvalue weighted by atomic mass is 10.1. The summed E-state index contributed by atoms with van der Waals surface area (Å²) in [5.41, 5.74) is 2.01. The van der Waals surface area contributed by atoms with Crippen LogP contribution in [0.15, 0.2) is 27.8 Å². The number of likely N-dealkylation sites (N-methyl/N-ethyl adjacent to an activating group) is 1. The molecule has 1 aliphatic rings. The quantitative estimate of drug-likeness (QED) is 0.577. The maximum atomic E-state index is 5.75. The Morgan fingerprint density at radius 1 is 1.33 bits per heavy atom. The molecule has 0 unspecified atom stereocenters. The monoisotopic (exact) mass is 354 g/mol. The van der Waals surface area contributed by atoms with Gasteiger partial charge in [0.1, 0.15) is 12.4 Å². The number of rotatable bonds is 6. The highest BCUT2D eigenvalue weighted by molar-refractivity contribution is 9.10. The predicted octanol–water partition coefficient (Wildman–Crippen LogP) is 3.68. The zero-order chi connectivity index (χ0) is 15.1. The van der Waals surface area contributed by atoms with Gasteiger partial charge in [-0.1, -0.05) is 34.9 Å². The minimum absolute atomic E-state index is 0.620. The summed E-state index contributed by atoms with van der Waals surface area (Å²) in [4.78, 5) is 7.86. The van der Waals surface area contributed by atoms with Gasteiger partial charge in [0.25, 0.3) is 0 Å². The minimum atomic E-state index is 0.620. The van der Waals surface area contributed by atoms with E-state index in [1.54, 1.807) is 0 Å². The number of hydrogen-bond donors (Lipinski definition) is 0. The number of halogens is 1. The fourth-order valence-corrected chi connectivity index (χ4v) is 2.70. The molecule has 5 heteroatoms. The zero-order valence-corrected chi connectivity index (χ0v) is 14.4. The predicted molar refractivity (Wildman–Crippen MR) is 89.1 cm³/mol. The minimum Gasteiger partial charge on any atom is -0.493 e. The first kappa shape index (κ1) is 16.3. The summed E-state index contributed by atoms with van der Waals surface area (Å²) in [7, 11) is 0. The Kier molecular flexibility index (Phi) is 6.51. The Morgan fingerprint density at radius 3 is 2.90 bits per heavy atom. The number of oxime groups is 1. The molecule has 0 saturated carbocycles. The van der Waals surface area contributed by atoms with Crippen molar-refractivity contribution in [2.45, 2.75) is 26.7 Å². The van der Waals surface area contributed by atoms with Crippen molar-refractivity contribution in [1.29, 1.82) is 0 Å². The maximum absolute atomic E-state index is 5.75. The lowest BCUT2D eigenvalue weighted by molar-refractivity contribution is 0.114. The van der Waals surface area contributed by atoms with E-state index in [1.165, 1.54) is 0 Å². The Balaban J connectivity index is 2.02. The molecule has 0 aliphatic carbocycles. The summed E-state index contributed by atoms with van der Waals surface area (Å²) in [6.07, 6.45) is 1.85. The van der Waals surface area contributed by atoms with Gasteiger partial charge in [-0.25, -0.2) is 0 Å². The Bertz CT molecular complexity index is 487. The van der Waals surface area contributed by atoms with Gasteiger partial charge in [-0.3, -0.25) is 0 Å². The molecule has 0 fully saturated rings. The van der Waals surface area contributed by atoms with Crippen LogP contribution in [-0.4, -0.2) is 43.5 Å². The topological polar surface area (TPSA) is 34.1 Å². The van der Waals surface area contributed by atoms with Crippen molar-refractivity contribution in [2.24, 2.45) is 5.16 Å². The van der Waals surface area contributed by atoms with E-state index in [-0.39, 0.29) is 0 Å². The van der Waals surface area contributed by atoms with Gasteiger partial charge >= 0.3 is 0 Å². The van der Waals surface area contributed by atoms with E-state index in [0.29, 0.717) is 6.61 Å². The van der Waals surface area contributed by atoms with Crippen molar-refractivity contribution in [2.75, 3.05) is 32.8 Å². The molecule has 0 N–H and O–H groups in total. The van der Waals surface area contributed by atoms with Gasteiger partial charge < -0.3 is 14.5 Å². The molecule has 0 amide bonds. The largest absolute Gasteiger partial charge is 0.493 e. The van der Waals surface area contributed by atoms with Crippen LogP contribution in [0.25, 0.3) is 0 Å². The van der Waals surface area contributed by atoms with Crippen LogP contribution in [0.1, 0.15) is 32.3 Å². The van der Waals surface area contributed by atoms with E-state index in [9.17, 15) is 0 Å². The molecule has 116 valence electrons. The second-order valence-electron chi connectivity index (χ2n) is 4.99. The second-order valence-corrected chi connectivity index (χ2v) is 5.91. The van der Waals surface area contributed by atoms with Crippen LogP contribution in [0.4, 0.5) is 0 Å². The fraction of sp³-hybridized carbons (Fsp3) is 0.562. The van der Waals surface area contributed by atoms with Crippen molar-refractivity contribution < 1.29 is 9.57 Å². The smallest absolute Gasteiger partial charge is 0.129 e. The van der Waals surface area contributed by atoms with Crippen molar-refractivity contribution in [3.05, 3.63) is 28.2 Å². The highest BCUT2D eigenvalue weighted by atomic mass is 79.9. The summed E-state index contributed by atoms with van der Waals surface area (Å²) < 4.78 is 6.78. The molecule has 0 saturated heterocycles. The highest BCUT2D eigenvalue weighted by Crippen LogP contribution is 2.27. The highest BCUT2D eigenvalue weighted by Gasteiger charge is 2.16. The number of hydrogen-bond acceptors (Lipinski definition) is 4. The average molecular weight is 355 g/mol. The molecule has 0 aromatic heterocycles. The molecule has 0 radical (unpaired) electrons. The lowest BCUT2D eigenvalue weighted by Gasteiger charge is -2.16. The van der Waals surface area contributed by atoms with Gasteiger partial charge in [0, 0.05) is 16.6 Å². The molecule has 1 aromatic carbocycles. The molecule has 0 spiro atoms. The van der Waals surface area contributed by atoms with Crippen LogP contribution in [0.2, 0.25) is 0 Å². The summed E-state index contributed by atoms with van der Waals surface area (Å²) in [6, 6.07) is 6.02. The van der Waals surface area contributed by atoms with Gasteiger partial charge in [-0.2, -0.15) is 0 Å². The van der Waals surface area contributed by atoms with E-state index < -0.39 is 0 Å². The first-order valence-electron chi connectivity index (χ1n) is 7.58. The molecule has 4 nitrogen and oxygen atoms in total. The first-order valence-corrected chi connectivity index (χ1v) is 8.37. The molecule has 1 heterocycles. The van der Waals surface area contributed by atoms with Gasteiger partial charge in [0.2, 0.25) is 0 Å². The maximum Gasteiger partial charge on any atom is 0.129 e. The Morgan fingerprint density at radius 2 is 2.14 bits per heavy atom. The molecule has 21 heavy (non-hydrogen) atoms. The SMILES string of the molecule is CCN(CC)CCO/N=C1\CCCOc2ccc(Br)cc21. The lowest BCUT2D eigenvalue weighted by Crippen LogP contribution is -2.26. The number of nitrogens with zero attached hydrogens (tertiary/aromatic N) is 2. The third-order valence-electron chi connectivity index (χ3n) is 3.64. The number of fused-ring (bicyclic) bond motifs is 1. The molecular formula is C16H23BrN2O2. The van der Waals surface area contributed by atoms with Gasteiger partial charge in [-0.05, 0) is 44.1 Å². The standard InChI is InChI=1S/C16H23BrN2O2/c1-3-19(4-2)9-11-21-18-15-6-5-10-20-16-8-7-13(17)12-14(15)16/h7-8,12H,3-6,9-11H2,1-2H3/b18-15+. The summed E-state index contributed by atoms with van der Waals surface area (Å²) >= 11 is 3.50. The molecular weight excluding hydrogens is 332 g/mol. The Labute approximate surface area is 135 Å². The van der Waals surface area contributed by atoms with Crippen LogP contribution >= 0.6 is 15.9 Å². The molecule has 0 bridgehead atoms. The van der Waals surface area contributed by atoms with E-state index in [1.807, 2.05) is 18.2 Å². The average Bonchev–Trinajstić information content (AvgIpc) is 2.69. The normalized spacial score (nSPS) is 16.5. The van der Waals surface area contributed by atoms with Crippen molar-refractivity contribution in [3.63, 3.8) is 0 Å². The third kappa shape index (κ3) is 4.71. The van der Waals surface area contributed by atoms with Crippen LogP contribution < -0.4 is 4.74 Å². The zero-order valence-electron chi connectivity index (χ0n) is 12.8. The van der Waals surface area contributed by atoms with E-state index in [4.69, 9.17) is 9.57 Å². The number of ether oxygens (including phenoxy) is 1. The Hall–Kier alpha value is -1.07. The van der Waals surface area contributed by atoms with Crippen LogP contribution in [0, 0.1) is 0 Å². The van der Waals surface area contributed by atoms with E-state index >= 15 is 0 Å². The van der Waals surface area contributed by atoms with Crippen LogP contribution in [-0.2, 0) is 4.84 Å². The summed E-state index contributed by atoms with van der Waals surface area (Å²) in [5, 5.41) is 4.36. The summed E-state index contributed by atoms with van der Waals surface area (Å²) in [5.74, 6) is 0.891. The van der Waals surface area contributed by atoms with Crippen molar-refractivity contribution in [3.8, 4) is 5.75 Å².